The molecule has 474 valence electrons. The van der Waals surface area contributed by atoms with Crippen LogP contribution in [-0.4, -0.2) is 127 Å². The van der Waals surface area contributed by atoms with Crippen molar-refractivity contribution in [3.63, 3.8) is 0 Å². The Labute approximate surface area is 505 Å². The maximum atomic E-state index is 15.5. The van der Waals surface area contributed by atoms with Crippen LogP contribution >= 0.6 is 0 Å². The van der Waals surface area contributed by atoms with Gasteiger partial charge >= 0.3 is 29.9 Å². The van der Waals surface area contributed by atoms with Crippen molar-refractivity contribution < 1.29 is 108 Å². The SMILES string of the molecule is CC(=O)O[C@H]1C(=O)[C@@]2(C)[C@H]([C@H](OC(=O)c3ccccc3)[C@]3(O)C[C@H](OC(=O)[C@H](O)[C@@H](NC(=O)c4ccccc4)c4ccccc4)C(C)=C1C3(C)C)[C@]1(OC(C)=O)CO[C@@H]1C[C@@H]2O.COc1ccc(NS(=O)(=O)c2c(F)c(F)c(F)c(F)c2F)cc1NC(N)=O. The van der Waals surface area contributed by atoms with Gasteiger partial charge in [0, 0.05) is 37.7 Å². The van der Waals surface area contributed by atoms with Crippen LogP contribution in [0.3, 0.4) is 0 Å². The van der Waals surface area contributed by atoms with Gasteiger partial charge in [0.1, 0.15) is 29.7 Å². The number of esters is 4. The van der Waals surface area contributed by atoms with E-state index in [2.05, 4.69) is 10.6 Å². The molecular weight excluding hydrogens is 1200 g/mol. The van der Waals surface area contributed by atoms with E-state index < -0.39 is 163 Å². The highest BCUT2D eigenvalue weighted by Gasteiger charge is 2.78. The summed E-state index contributed by atoms with van der Waals surface area (Å²) in [5.74, 6) is -19.2. The summed E-state index contributed by atoms with van der Waals surface area (Å²) in [6, 6.07) is 25.1. The van der Waals surface area contributed by atoms with Crippen LogP contribution in [0.4, 0.5) is 38.1 Å². The Morgan fingerprint density at radius 3 is 1.87 bits per heavy atom. The van der Waals surface area contributed by atoms with Crippen LogP contribution in [0, 0.1) is 45.8 Å². The maximum absolute atomic E-state index is 15.5. The Kier molecular flexibility index (Phi) is 18.8. The molecule has 0 radical (unpaired) electrons. The predicted molar refractivity (Wildman–Crippen MR) is 301 cm³/mol. The third-order valence-corrected chi connectivity index (χ3v) is 18.0. The Balaban J connectivity index is 0.000000317. The minimum atomic E-state index is -5.23. The van der Waals surface area contributed by atoms with Crippen LogP contribution in [0.25, 0.3) is 0 Å². The number of hydrogen-bond donors (Lipinski definition) is 7. The van der Waals surface area contributed by atoms with Gasteiger partial charge < -0.3 is 60.1 Å². The Morgan fingerprint density at radius 1 is 0.775 bits per heavy atom. The first-order valence-electron chi connectivity index (χ1n) is 27.3. The average Bonchev–Trinajstić information content (AvgIpc) is 0.933. The highest BCUT2D eigenvalue weighted by molar-refractivity contribution is 7.92. The number of methoxy groups -OCH3 is 1. The number of sulfonamides is 1. The number of halogens is 5. The zero-order chi connectivity index (χ0) is 65.5. The summed E-state index contributed by atoms with van der Waals surface area (Å²) in [5, 5.41) is 42.3. The van der Waals surface area contributed by atoms with Gasteiger partial charge in [-0.15, -0.1) is 0 Å². The van der Waals surface area contributed by atoms with Gasteiger partial charge in [-0.2, -0.15) is 0 Å². The number of fused-ring (bicyclic) bond motifs is 5. The number of ether oxygens (including phenoxy) is 6. The van der Waals surface area contributed by atoms with E-state index in [4.69, 9.17) is 34.2 Å². The van der Waals surface area contributed by atoms with E-state index in [1.807, 2.05) is 0 Å². The zero-order valence-electron chi connectivity index (χ0n) is 48.5. The molecule has 4 aliphatic rings. The fraction of sp³-hybridized carbons (Fsp3) is 0.361. The van der Waals surface area contributed by atoms with Gasteiger partial charge in [-0.3, -0.25) is 23.9 Å². The van der Waals surface area contributed by atoms with Crippen molar-refractivity contribution in [2.24, 2.45) is 22.5 Å². The Morgan fingerprint density at radius 2 is 1.34 bits per heavy atom. The van der Waals surface area contributed by atoms with Gasteiger partial charge in [0.15, 0.2) is 51.8 Å². The van der Waals surface area contributed by atoms with E-state index in [1.165, 1.54) is 33.1 Å². The summed E-state index contributed by atoms with van der Waals surface area (Å²) < 4.78 is 128. The number of amides is 3. The average molecular weight is 1270 g/mol. The number of anilines is 2. The molecular formula is C61H61F5N4O18S. The first-order valence-corrected chi connectivity index (χ1v) is 28.7. The number of benzene rings is 5. The largest absolute Gasteiger partial charge is 0.495 e. The molecule has 0 unspecified atom stereocenters. The number of primary amides is 1. The lowest BCUT2D eigenvalue weighted by molar-refractivity contribution is -0.346. The van der Waals surface area contributed by atoms with E-state index in [-0.39, 0.29) is 52.4 Å². The maximum Gasteiger partial charge on any atom is 0.338 e. The molecule has 5 aromatic rings. The van der Waals surface area contributed by atoms with Crippen LogP contribution < -0.4 is 25.8 Å². The van der Waals surface area contributed by atoms with E-state index >= 15 is 4.79 Å². The lowest BCUT2D eigenvalue weighted by atomic mass is 9.44. The lowest BCUT2D eigenvalue weighted by Crippen LogP contribution is -2.82. The molecule has 3 amide bonds. The van der Waals surface area contributed by atoms with Gasteiger partial charge in [-0.25, -0.2) is 44.8 Å². The molecule has 9 rings (SSSR count). The predicted octanol–water partition coefficient (Wildman–Crippen LogP) is 6.42. The van der Waals surface area contributed by atoms with Gasteiger partial charge in [0.25, 0.3) is 15.9 Å². The van der Waals surface area contributed by atoms with Crippen LogP contribution in [0.5, 0.6) is 5.75 Å². The zero-order valence-corrected chi connectivity index (χ0v) is 49.3. The molecule has 11 atom stereocenters. The number of urea groups is 1. The number of nitrogens with one attached hydrogen (secondary N) is 3. The van der Waals surface area contributed by atoms with Crippen molar-refractivity contribution in [3.05, 3.63) is 166 Å². The fourth-order valence-corrected chi connectivity index (χ4v) is 13.4. The van der Waals surface area contributed by atoms with E-state index in [0.717, 1.165) is 32.0 Å². The molecule has 2 saturated carbocycles. The van der Waals surface area contributed by atoms with E-state index in [1.54, 1.807) is 97.4 Å². The third kappa shape index (κ3) is 12.3. The summed E-state index contributed by atoms with van der Waals surface area (Å²) in [7, 11) is -4.01. The van der Waals surface area contributed by atoms with E-state index in [9.17, 15) is 74.5 Å². The van der Waals surface area contributed by atoms with Gasteiger partial charge in [0.05, 0.1) is 54.1 Å². The summed E-state index contributed by atoms with van der Waals surface area (Å²) in [5.41, 5.74) is -2.59. The second kappa shape index (κ2) is 25.3. The Hall–Kier alpha value is -8.83. The number of aliphatic hydroxyl groups excluding tert-OH is 2. The molecule has 3 fully saturated rings. The first kappa shape index (κ1) is 66.1. The summed E-state index contributed by atoms with van der Waals surface area (Å²) in [6.07, 6.45) is -10.5. The second-order valence-corrected chi connectivity index (χ2v) is 23.9. The van der Waals surface area contributed by atoms with Crippen LogP contribution in [0.2, 0.25) is 0 Å². The topological polar surface area (TPSA) is 332 Å². The molecule has 1 heterocycles. The van der Waals surface area contributed by atoms with Crippen molar-refractivity contribution in [3.8, 4) is 5.75 Å². The number of aliphatic hydroxyl groups is 3. The van der Waals surface area contributed by atoms with Crippen LogP contribution in [0.15, 0.2) is 125 Å². The van der Waals surface area contributed by atoms with Crippen molar-refractivity contribution in [1.29, 1.82) is 0 Å². The molecule has 1 saturated heterocycles. The van der Waals surface area contributed by atoms with Crippen molar-refractivity contribution in [2.75, 3.05) is 23.8 Å². The monoisotopic (exact) mass is 1260 g/mol. The highest BCUT2D eigenvalue weighted by Crippen LogP contribution is 2.64. The molecule has 3 aliphatic carbocycles. The van der Waals surface area contributed by atoms with Gasteiger partial charge in [-0.05, 0) is 73.0 Å². The molecule has 0 aromatic heterocycles. The summed E-state index contributed by atoms with van der Waals surface area (Å²) in [6.45, 7) is 7.97. The number of carbonyl (C=O) groups is 7. The van der Waals surface area contributed by atoms with Crippen molar-refractivity contribution in [1.82, 2.24) is 5.32 Å². The second-order valence-electron chi connectivity index (χ2n) is 22.3. The first-order chi connectivity index (χ1) is 41.8. The highest BCUT2D eigenvalue weighted by atomic mass is 32.2. The number of hydrogen-bond acceptors (Lipinski definition) is 18. The minimum absolute atomic E-state index is 0.00289. The number of ketones is 1. The normalized spacial score (nSPS) is 25.6. The molecule has 1 aliphatic heterocycles. The van der Waals surface area contributed by atoms with E-state index in [0.29, 0.717) is 5.56 Å². The molecule has 22 nitrogen and oxygen atoms in total. The summed E-state index contributed by atoms with van der Waals surface area (Å²) >= 11 is 0. The Bertz CT molecular complexity index is 3740. The van der Waals surface area contributed by atoms with Crippen LogP contribution in [0.1, 0.15) is 86.7 Å². The molecule has 89 heavy (non-hydrogen) atoms. The minimum Gasteiger partial charge on any atom is -0.495 e. The van der Waals surface area contributed by atoms with Crippen LogP contribution in [-0.2, 0) is 52.9 Å². The standard InChI is InChI=1S/C47H51NO14.C14H10F5N3O4S/c1-25-31(60-43(56)36(52)35(28-16-10-7-11-17-28)48-41(54)29-18-12-8-13-19-29)23-47(57)40(61-42(55)30-20-14-9-15-21-30)38-45(6,32(51)22-33-46(38,24-58-33)62-27(3)50)39(53)37(59-26(2)49)34(25)44(47,4)5;1-26-7-3-2-5(4-6(7)21-14(20)23)22-27(24,25)13-11(18)9(16)8(15)10(17)12(13)19/h7-21,31-33,35-38,40,51-52,57H,22-24H2,1-6H3,(H,48,54);2-4,22H,1H3,(H3,20,21,23)/t31-,32-,33+,35-,36+,37+,38-,40-,45+,46-,47+;/m0./s1. The number of Topliss-reactive ketones (excluding diaryl/α,β-unsaturated/α-hetero) is 1. The quantitative estimate of drug-likeness (QED) is 0.0148. The number of carbonyl (C=O) groups excluding carboxylic acids is 7. The smallest absolute Gasteiger partial charge is 0.338 e. The molecule has 5 aromatic carbocycles. The molecule has 0 spiro atoms. The van der Waals surface area contributed by atoms with Gasteiger partial charge in [0.2, 0.25) is 5.82 Å². The van der Waals surface area contributed by atoms with Gasteiger partial charge in [-0.1, -0.05) is 80.6 Å². The molecule has 2 bridgehead atoms. The fourth-order valence-electron chi connectivity index (χ4n) is 12.2. The summed E-state index contributed by atoms with van der Waals surface area (Å²) in [4.78, 5) is 92.3. The lowest BCUT2D eigenvalue weighted by Gasteiger charge is -2.67. The molecule has 8 N–H and O–H groups in total. The van der Waals surface area contributed by atoms with Crippen molar-refractivity contribution >= 4 is 63.0 Å². The third-order valence-electron chi connectivity index (χ3n) is 16.6. The number of nitrogens with two attached hydrogens (primary N) is 1. The molecule has 28 heteroatoms. The van der Waals surface area contributed by atoms with Crippen molar-refractivity contribution in [2.45, 2.75) is 113 Å². The number of rotatable bonds is 15.